The molecule has 64 valence electrons. The minimum Gasteiger partial charge on any atom is -0.545 e. The number of rotatable bonds is 2. The van der Waals surface area contributed by atoms with E-state index in [-0.39, 0.29) is 61.8 Å². The standard InChI is InChI=1S/C9H9BrO2.K/c1-6(10)7-2-4-8(5-3-7)9(11)12;/h2-6H,1H3,(H,11,12);/q;+1/p-1. The molecule has 0 spiro atoms. The molecule has 2 nitrogen and oxygen atoms in total. The third-order valence-electron chi connectivity index (χ3n) is 1.61. The van der Waals surface area contributed by atoms with Crippen molar-refractivity contribution in [3.8, 4) is 0 Å². The summed E-state index contributed by atoms with van der Waals surface area (Å²) in [7, 11) is 0. The van der Waals surface area contributed by atoms with Crippen LogP contribution in [0.2, 0.25) is 0 Å². The molecule has 0 amide bonds. The van der Waals surface area contributed by atoms with Gasteiger partial charge in [-0.05, 0) is 18.1 Å². The van der Waals surface area contributed by atoms with Crippen molar-refractivity contribution >= 4 is 21.9 Å². The van der Waals surface area contributed by atoms with E-state index in [4.69, 9.17) is 0 Å². The second-order valence-corrected chi connectivity index (χ2v) is 3.90. The van der Waals surface area contributed by atoms with Crippen molar-refractivity contribution in [3.05, 3.63) is 35.4 Å². The van der Waals surface area contributed by atoms with Gasteiger partial charge in [0.05, 0.1) is 5.97 Å². The number of benzene rings is 1. The van der Waals surface area contributed by atoms with Crippen LogP contribution in [0, 0.1) is 0 Å². The number of aromatic carboxylic acids is 1. The van der Waals surface area contributed by atoms with Crippen LogP contribution in [-0.2, 0) is 0 Å². The minimum atomic E-state index is -1.14. The maximum absolute atomic E-state index is 10.4. The first-order chi connectivity index (χ1) is 5.61. The van der Waals surface area contributed by atoms with Crippen LogP contribution in [0.3, 0.4) is 0 Å². The topological polar surface area (TPSA) is 40.1 Å². The molecule has 0 aliphatic carbocycles. The summed E-state index contributed by atoms with van der Waals surface area (Å²) in [5.41, 5.74) is 1.27. The monoisotopic (exact) mass is 266 g/mol. The Morgan fingerprint density at radius 3 is 2.15 bits per heavy atom. The number of carboxylic acid groups (broad SMARTS) is 1. The summed E-state index contributed by atoms with van der Waals surface area (Å²) in [6, 6.07) is 6.62. The van der Waals surface area contributed by atoms with E-state index < -0.39 is 5.97 Å². The van der Waals surface area contributed by atoms with Crippen LogP contribution in [0.5, 0.6) is 0 Å². The van der Waals surface area contributed by atoms with Gasteiger partial charge in [0, 0.05) is 4.83 Å². The second-order valence-electron chi connectivity index (χ2n) is 2.53. The first-order valence-corrected chi connectivity index (χ1v) is 4.48. The first kappa shape index (κ1) is 13.8. The molecule has 13 heavy (non-hydrogen) atoms. The average molecular weight is 267 g/mol. The minimum absolute atomic E-state index is 0. The summed E-state index contributed by atoms with van der Waals surface area (Å²) in [5.74, 6) is -1.14. The van der Waals surface area contributed by atoms with Crippen molar-refractivity contribution in [2.45, 2.75) is 11.8 Å². The molecule has 0 saturated carbocycles. The predicted molar refractivity (Wildman–Crippen MR) is 48.1 cm³/mol. The Balaban J connectivity index is 0.00000144. The van der Waals surface area contributed by atoms with Gasteiger partial charge in [-0.3, -0.25) is 0 Å². The molecule has 0 bridgehead atoms. The van der Waals surface area contributed by atoms with Crippen LogP contribution in [-0.4, -0.2) is 5.97 Å². The van der Waals surface area contributed by atoms with Gasteiger partial charge in [0.2, 0.25) is 0 Å². The maximum Gasteiger partial charge on any atom is 1.00 e. The van der Waals surface area contributed by atoms with E-state index in [2.05, 4.69) is 15.9 Å². The molecule has 1 aromatic carbocycles. The summed E-state index contributed by atoms with van der Waals surface area (Å²) >= 11 is 3.38. The fourth-order valence-electron chi connectivity index (χ4n) is 0.884. The van der Waals surface area contributed by atoms with Gasteiger partial charge in [-0.25, -0.2) is 0 Å². The normalized spacial score (nSPS) is 11.5. The molecule has 1 unspecified atom stereocenters. The smallest absolute Gasteiger partial charge is 0.545 e. The van der Waals surface area contributed by atoms with E-state index in [1.807, 2.05) is 6.92 Å². The number of carbonyl (C=O) groups excluding carboxylic acids is 1. The Hall–Kier alpha value is 0.806. The summed E-state index contributed by atoms with van der Waals surface area (Å²) in [5, 5.41) is 10.4. The van der Waals surface area contributed by atoms with Crippen LogP contribution in [0.4, 0.5) is 0 Å². The fourth-order valence-corrected chi connectivity index (χ4v) is 1.19. The van der Waals surface area contributed by atoms with Gasteiger partial charge >= 0.3 is 51.4 Å². The fraction of sp³-hybridized carbons (Fsp3) is 0.222. The SMILES string of the molecule is CC(Br)c1ccc(C(=O)[O-])cc1.[K+]. The van der Waals surface area contributed by atoms with Crippen LogP contribution < -0.4 is 56.5 Å². The van der Waals surface area contributed by atoms with Crippen molar-refractivity contribution in [2.24, 2.45) is 0 Å². The zero-order chi connectivity index (χ0) is 9.14. The van der Waals surface area contributed by atoms with Gasteiger partial charge in [0.15, 0.2) is 0 Å². The molecule has 1 rings (SSSR count). The molecule has 1 aromatic rings. The molecule has 1 atom stereocenters. The van der Waals surface area contributed by atoms with Crippen molar-refractivity contribution in [3.63, 3.8) is 0 Å². The third-order valence-corrected chi connectivity index (χ3v) is 2.13. The van der Waals surface area contributed by atoms with Crippen molar-refractivity contribution in [1.82, 2.24) is 0 Å². The largest absolute Gasteiger partial charge is 1.00 e. The maximum atomic E-state index is 10.4. The Labute approximate surface area is 128 Å². The Morgan fingerprint density at radius 1 is 1.38 bits per heavy atom. The Morgan fingerprint density at radius 2 is 1.85 bits per heavy atom. The number of carboxylic acids is 1. The van der Waals surface area contributed by atoms with E-state index in [1.165, 1.54) is 0 Å². The van der Waals surface area contributed by atoms with Crippen LogP contribution >= 0.6 is 15.9 Å². The van der Waals surface area contributed by atoms with Crippen molar-refractivity contribution in [1.29, 1.82) is 0 Å². The van der Waals surface area contributed by atoms with Gasteiger partial charge < -0.3 is 9.90 Å². The van der Waals surface area contributed by atoms with E-state index in [0.29, 0.717) is 0 Å². The quantitative estimate of drug-likeness (QED) is 0.484. The van der Waals surface area contributed by atoms with Crippen molar-refractivity contribution in [2.75, 3.05) is 0 Å². The van der Waals surface area contributed by atoms with Gasteiger partial charge in [0.25, 0.3) is 0 Å². The molecule has 0 N–H and O–H groups in total. The van der Waals surface area contributed by atoms with Crippen LogP contribution in [0.25, 0.3) is 0 Å². The second kappa shape index (κ2) is 6.32. The number of alkyl halides is 1. The van der Waals surface area contributed by atoms with Gasteiger partial charge in [0.1, 0.15) is 0 Å². The number of halogens is 1. The average Bonchev–Trinajstić information content (AvgIpc) is 2.04. The number of hydrogen-bond acceptors (Lipinski definition) is 2. The predicted octanol–water partition coefficient (Wildman–Crippen LogP) is -1.49. The zero-order valence-electron chi connectivity index (χ0n) is 7.58. The molecule has 0 fully saturated rings. The molecule has 4 heteroatoms. The zero-order valence-corrected chi connectivity index (χ0v) is 12.3. The molecular formula is C9H8BrKO2. The van der Waals surface area contributed by atoms with Gasteiger partial charge in [-0.1, -0.05) is 40.2 Å². The molecule has 0 aromatic heterocycles. The summed E-state index contributed by atoms with van der Waals surface area (Å²) in [4.78, 5) is 10.6. The number of hydrogen-bond donors (Lipinski definition) is 0. The summed E-state index contributed by atoms with van der Waals surface area (Å²) < 4.78 is 0. The van der Waals surface area contributed by atoms with E-state index in [1.54, 1.807) is 24.3 Å². The first-order valence-electron chi connectivity index (χ1n) is 3.56. The molecule has 0 saturated heterocycles. The third kappa shape index (κ3) is 4.23. The molecule has 0 aliphatic heterocycles. The summed E-state index contributed by atoms with van der Waals surface area (Å²) in [6.45, 7) is 1.98. The Bertz CT molecular complexity index is 282. The van der Waals surface area contributed by atoms with E-state index >= 15 is 0 Å². The number of carbonyl (C=O) groups is 1. The molecule has 0 aliphatic rings. The summed E-state index contributed by atoms with van der Waals surface area (Å²) in [6.07, 6.45) is 0. The van der Waals surface area contributed by atoms with Crippen molar-refractivity contribution < 1.29 is 61.3 Å². The Kier molecular flexibility index (Phi) is 6.71. The van der Waals surface area contributed by atoms with Crippen LogP contribution in [0.15, 0.2) is 24.3 Å². The molecule has 0 heterocycles. The van der Waals surface area contributed by atoms with Gasteiger partial charge in [-0.15, -0.1) is 0 Å². The molecular weight excluding hydrogens is 259 g/mol. The molecule has 0 radical (unpaired) electrons. The van der Waals surface area contributed by atoms with E-state index in [0.717, 1.165) is 5.56 Å². The van der Waals surface area contributed by atoms with Crippen LogP contribution in [0.1, 0.15) is 27.7 Å². The van der Waals surface area contributed by atoms with Gasteiger partial charge in [-0.2, -0.15) is 0 Å². The van der Waals surface area contributed by atoms with E-state index in [9.17, 15) is 9.90 Å².